The summed E-state index contributed by atoms with van der Waals surface area (Å²) >= 11 is 0. The molecule has 1 atom stereocenters. The molecule has 2 rings (SSSR count). The lowest BCUT2D eigenvalue weighted by Crippen LogP contribution is -2.41. The first-order valence-electron chi connectivity index (χ1n) is 4.11. The molecule has 1 saturated heterocycles. The second-order valence-corrected chi connectivity index (χ2v) is 3.57. The third-order valence-electron chi connectivity index (χ3n) is 3.12. The molecule has 1 aliphatic heterocycles. The standard InChI is InChI=1S/C8H15NO.ClH/c1-10-7-5-9-6-8(7)3-2-4-8;/h7,9H,2-6H2,1H3;1H. The van der Waals surface area contributed by atoms with Gasteiger partial charge in [-0.25, -0.2) is 0 Å². The zero-order valence-corrected chi connectivity index (χ0v) is 7.75. The van der Waals surface area contributed by atoms with E-state index in [1.54, 1.807) is 0 Å². The van der Waals surface area contributed by atoms with Gasteiger partial charge in [-0.2, -0.15) is 0 Å². The van der Waals surface area contributed by atoms with Crippen molar-refractivity contribution in [3.63, 3.8) is 0 Å². The first kappa shape index (κ1) is 9.30. The summed E-state index contributed by atoms with van der Waals surface area (Å²) in [5, 5.41) is 3.39. The Balaban J connectivity index is 0.000000605. The molecule has 1 heterocycles. The Bertz CT molecular complexity index is 136. The van der Waals surface area contributed by atoms with Gasteiger partial charge in [0.2, 0.25) is 0 Å². The van der Waals surface area contributed by atoms with E-state index in [9.17, 15) is 0 Å². The molecule has 2 fully saturated rings. The summed E-state index contributed by atoms with van der Waals surface area (Å²) < 4.78 is 5.41. The molecule has 2 nitrogen and oxygen atoms in total. The van der Waals surface area contributed by atoms with Gasteiger partial charge in [-0.3, -0.25) is 0 Å². The SMILES string of the molecule is COC1CNCC12CCC2.Cl. The molecule has 66 valence electrons. The van der Waals surface area contributed by atoms with E-state index in [-0.39, 0.29) is 12.4 Å². The summed E-state index contributed by atoms with van der Waals surface area (Å²) in [6.45, 7) is 2.25. The fourth-order valence-corrected chi connectivity index (χ4v) is 2.25. The summed E-state index contributed by atoms with van der Waals surface area (Å²) in [5.74, 6) is 0. The lowest BCUT2D eigenvalue weighted by molar-refractivity contribution is -0.0228. The highest BCUT2D eigenvalue weighted by Gasteiger charge is 2.47. The highest BCUT2D eigenvalue weighted by molar-refractivity contribution is 5.85. The first-order chi connectivity index (χ1) is 4.87. The van der Waals surface area contributed by atoms with Crippen LogP contribution in [0.15, 0.2) is 0 Å². The summed E-state index contributed by atoms with van der Waals surface area (Å²) in [6, 6.07) is 0. The second-order valence-electron chi connectivity index (χ2n) is 3.57. The predicted octanol–water partition coefficient (Wildman–Crippen LogP) is 1.20. The van der Waals surface area contributed by atoms with E-state index >= 15 is 0 Å². The molecule has 11 heavy (non-hydrogen) atoms. The lowest BCUT2D eigenvalue weighted by atomic mass is 9.67. The van der Waals surface area contributed by atoms with Crippen LogP contribution < -0.4 is 5.32 Å². The normalized spacial score (nSPS) is 33.0. The van der Waals surface area contributed by atoms with Crippen molar-refractivity contribution in [3.05, 3.63) is 0 Å². The highest BCUT2D eigenvalue weighted by atomic mass is 35.5. The van der Waals surface area contributed by atoms with Crippen LogP contribution in [0, 0.1) is 5.41 Å². The molecular formula is C8H16ClNO. The van der Waals surface area contributed by atoms with E-state index in [0.29, 0.717) is 11.5 Å². The Hall–Kier alpha value is 0.210. The molecule has 2 aliphatic rings. The van der Waals surface area contributed by atoms with Crippen LogP contribution >= 0.6 is 12.4 Å². The van der Waals surface area contributed by atoms with Crippen molar-refractivity contribution < 1.29 is 4.74 Å². The van der Waals surface area contributed by atoms with E-state index in [1.807, 2.05) is 7.11 Å². The number of nitrogens with one attached hydrogen (secondary N) is 1. The number of halogens is 1. The van der Waals surface area contributed by atoms with Crippen LogP contribution in [0.3, 0.4) is 0 Å². The number of ether oxygens (including phenoxy) is 1. The van der Waals surface area contributed by atoms with Gasteiger partial charge in [0.05, 0.1) is 6.10 Å². The molecule has 1 saturated carbocycles. The van der Waals surface area contributed by atoms with Gasteiger partial charge in [0.15, 0.2) is 0 Å². The van der Waals surface area contributed by atoms with E-state index in [0.717, 1.165) is 6.54 Å². The lowest BCUT2D eigenvalue weighted by Gasteiger charge is -2.41. The number of rotatable bonds is 1. The van der Waals surface area contributed by atoms with Gasteiger partial charge < -0.3 is 10.1 Å². The van der Waals surface area contributed by atoms with Crippen LogP contribution in [0.25, 0.3) is 0 Å². The Morgan fingerprint density at radius 2 is 2.18 bits per heavy atom. The Morgan fingerprint density at radius 3 is 2.55 bits per heavy atom. The van der Waals surface area contributed by atoms with Gasteiger partial charge >= 0.3 is 0 Å². The van der Waals surface area contributed by atoms with Crippen LogP contribution in [-0.4, -0.2) is 26.3 Å². The minimum atomic E-state index is 0. The van der Waals surface area contributed by atoms with Crippen molar-refractivity contribution in [2.75, 3.05) is 20.2 Å². The van der Waals surface area contributed by atoms with Crippen molar-refractivity contribution in [3.8, 4) is 0 Å². The molecule has 0 aromatic rings. The van der Waals surface area contributed by atoms with Crippen molar-refractivity contribution >= 4 is 12.4 Å². The van der Waals surface area contributed by atoms with Gasteiger partial charge in [-0.1, -0.05) is 6.42 Å². The van der Waals surface area contributed by atoms with Crippen LogP contribution in [0.2, 0.25) is 0 Å². The molecule has 0 aromatic heterocycles. The van der Waals surface area contributed by atoms with Crippen LogP contribution in [-0.2, 0) is 4.74 Å². The van der Waals surface area contributed by atoms with Crippen molar-refractivity contribution in [1.82, 2.24) is 5.32 Å². The van der Waals surface area contributed by atoms with Crippen LogP contribution in [0.5, 0.6) is 0 Å². The van der Waals surface area contributed by atoms with E-state index in [2.05, 4.69) is 5.32 Å². The third-order valence-corrected chi connectivity index (χ3v) is 3.12. The van der Waals surface area contributed by atoms with Gasteiger partial charge in [0, 0.05) is 25.6 Å². The van der Waals surface area contributed by atoms with Crippen LogP contribution in [0.4, 0.5) is 0 Å². The van der Waals surface area contributed by atoms with E-state index < -0.39 is 0 Å². The maximum Gasteiger partial charge on any atom is 0.0763 e. The van der Waals surface area contributed by atoms with Gasteiger partial charge in [-0.05, 0) is 12.8 Å². The topological polar surface area (TPSA) is 21.3 Å². The summed E-state index contributed by atoms with van der Waals surface area (Å²) in [5.41, 5.74) is 0.550. The molecule has 1 aliphatic carbocycles. The fourth-order valence-electron chi connectivity index (χ4n) is 2.25. The third kappa shape index (κ3) is 1.28. The second kappa shape index (κ2) is 3.30. The molecule has 1 N–H and O–H groups in total. The summed E-state index contributed by atoms with van der Waals surface area (Å²) in [4.78, 5) is 0. The maximum absolute atomic E-state index is 5.41. The first-order valence-corrected chi connectivity index (χ1v) is 4.11. The van der Waals surface area contributed by atoms with E-state index in [1.165, 1.54) is 25.8 Å². The Kier molecular flexibility index (Phi) is 2.79. The largest absolute Gasteiger partial charge is 0.380 e. The Morgan fingerprint density at radius 1 is 1.45 bits per heavy atom. The fraction of sp³-hybridized carbons (Fsp3) is 1.00. The van der Waals surface area contributed by atoms with Crippen molar-refractivity contribution in [2.45, 2.75) is 25.4 Å². The monoisotopic (exact) mass is 177 g/mol. The summed E-state index contributed by atoms with van der Waals surface area (Å²) in [6.07, 6.45) is 4.65. The maximum atomic E-state index is 5.41. The molecule has 1 unspecified atom stereocenters. The number of methoxy groups -OCH3 is 1. The molecule has 1 spiro atoms. The summed E-state index contributed by atoms with van der Waals surface area (Å²) in [7, 11) is 1.83. The van der Waals surface area contributed by atoms with Gasteiger partial charge in [-0.15, -0.1) is 12.4 Å². The van der Waals surface area contributed by atoms with Gasteiger partial charge in [0.25, 0.3) is 0 Å². The number of hydrogen-bond donors (Lipinski definition) is 1. The molecular weight excluding hydrogens is 162 g/mol. The zero-order valence-electron chi connectivity index (χ0n) is 6.93. The van der Waals surface area contributed by atoms with E-state index in [4.69, 9.17) is 4.74 Å². The van der Waals surface area contributed by atoms with Gasteiger partial charge in [0.1, 0.15) is 0 Å². The zero-order chi connectivity index (χ0) is 7.03. The molecule has 3 heteroatoms. The Labute approximate surface area is 74.1 Å². The van der Waals surface area contributed by atoms with Crippen molar-refractivity contribution in [1.29, 1.82) is 0 Å². The average Bonchev–Trinajstić information content (AvgIpc) is 2.27. The quantitative estimate of drug-likeness (QED) is 0.650. The predicted molar refractivity (Wildman–Crippen MR) is 47.2 cm³/mol. The highest BCUT2D eigenvalue weighted by Crippen LogP contribution is 2.46. The molecule has 0 bridgehead atoms. The average molecular weight is 178 g/mol. The van der Waals surface area contributed by atoms with Crippen LogP contribution in [0.1, 0.15) is 19.3 Å². The molecule has 0 radical (unpaired) electrons. The van der Waals surface area contributed by atoms with Crippen molar-refractivity contribution in [2.24, 2.45) is 5.41 Å². The molecule has 0 aromatic carbocycles. The minimum absolute atomic E-state index is 0. The minimum Gasteiger partial charge on any atom is -0.380 e. The smallest absolute Gasteiger partial charge is 0.0763 e. The molecule has 0 amide bonds. The number of hydrogen-bond acceptors (Lipinski definition) is 2.